The van der Waals surface area contributed by atoms with Crippen LogP contribution in [0.4, 0.5) is 23.1 Å². The predicted molar refractivity (Wildman–Crippen MR) is 166 cm³/mol. The Kier molecular flexibility index (Phi) is 9.59. The van der Waals surface area contributed by atoms with Crippen molar-refractivity contribution in [2.75, 3.05) is 56.7 Å². The lowest BCUT2D eigenvalue weighted by Crippen LogP contribution is -2.31. The standard InChI is InChI=1S/C33H40N6O3/c1-4-15-39(16-5-1)17-6-18-41-30-10-9-27(22-31(30)42-24-25-12-19-40-20-13-25)37-33-34-14-11-32(38-33)36-28-21-26-7-2-3-8-29(26)35-23-28/h2-3,7-11,14,21-23,25H,1,4-6,12-13,15-20,24H2,(H2,34,36,37,38). The SMILES string of the molecule is c1ccc2ncc(Nc3ccnc(Nc4ccc(OCCCN5CCCCC5)c(OCC5CCOCC5)c4)n3)cc2c1. The molecule has 2 aromatic carbocycles. The van der Waals surface area contributed by atoms with Crippen LogP contribution in [0, 0.1) is 5.92 Å². The van der Waals surface area contributed by atoms with Gasteiger partial charge in [-0.25, -0.2) is 4.98 Å². The van der Waals surface area contributed by atoms with E-state index in [9.17, 15) is 0 Å². The van der Waals surface area contributed by atoms with Gasteiger partial charge in [0.2, 0.25) is 5.95 Å². The monoisotopic (exact) mass is 568 g/mol. The minimum Gasteiger partial charge on any atom is -0.490 e. The molecule has 2 aliphatic heterocycles. The van der Waals surface area contributed by atoms with Gasteiger partial charge >= 0.3 is 0 Å². The highest BCUT2D eigenvalue weighted by molar-refractivity contribution is 5.82. The predicted octanol–water partition coefficient (Wildman–Crippen LogP) is 6.57. The largest absolute Gasteiger partial charge is 0.490 e. The first-order valence-electron chi connectivity index (χ1n) is 15.2. The third kappa shape index (κ3) is 7.86. The topological polar surface area (TPSA) is 93.7 Å². The average Bonchev–Trinajstić information content (AvgIpc) is 3.04. The zero-order valence-corrected chi connectivity index (χ0v) is 24.1. The van der Waals surface area contributed by atoms with Gasteiger partial charge in [0.25, 0.3) is 0 Å². The van der Waals surface area contributed by atoms with Gasteiger partial charge in [0.05, 0.1) is 30.6 Å². The Morgan fingerprint density at radius 1 is 0.857 bits per heavy atom. The van der Waals surface area contributed by atoms with Crippen molar-refractivity contribution in [3.05, 3.63) is 67.0 Å². The lowest BCUT2D eigenvalue weighted by Gasteiger charge is -2.26. The summed E-state index contributed by atoms with van der Waals surface area (Å²) < 4.78 is 18.1. The molecule has 2 fully saturated rings. The lowest BCUT2D eigenvalue weighted by molar-refractivity contribution is 0.0492. The molecule has 4 heterocycles. The summed E-state index contributed by atoms with van der Waals surface area (Å²) in [5, 5.41) is 7.74. The van der Waals surface area contributed by atoms with E-state index >= 15 is 0 Å². The molecule has 2 saturated heterocycles. The Morgan fingerprint density at radius 2 is 1.74 bits per heavy atom. The van der Waals surface area contributed by atoms with Crippen LogP contribution in [0.2, 0.25) is 0 Å². The number of aromatic nitrogens is 3. The number of pyridine rings is 1. The molecule has 2 N–H and O–H groups in total. The van der Waals surface area contributed by atoms with Gasteiger partial charge < -0.3 is 29.7 Å². The highest BCUT2D eigenvalue weighted by Crippen LogP contribution is 2.33. The highest BCUT2D eigenvalue weighted by Gasteiger charge is 2.17. The van der Waals surface area contributed by atoms with Gasteiger partial charge in [-0.05, 0) is 81.4 Å². The number of para-hydroxylation sites is 1. The molecule has 0 unspecified atom stereocenters. The van der Waals surface area contributed by atoms with Crippen molar-refractivity contribution in [3.63, 3.8) is 0 Å². The van der Waals surface area contributed by atoms with E-state index in [0.29, 0.717) is 30.9 Å². The Balaban J connectivity index is 1.11. The molecule has 0 radical (unpaired) electrons. The summed E-state index contributed by atoms with van der Waals surface area (Å²) in [7, 11) is 0. The number of fused-ring (bicyclic) bond motifs is 1. The van der Waals surface area contributed by atoms with E-state index in [-0.39, 0.29) is 0 Å². The summed E-state index contributed by atoms with van der Waals surface area (Å²) in [4.78, 5) is 16.2. The van der Waals surface area contributed by atoms with Gasteiger partial charge in [-0.3, -0.25) is 4.98 Å². The van der Waals surface area contributed by atoms with Crippen molar-refractivity contribution in [2.24, 2.45) is 5.92 Å². The van der Waals surface area contributed by atoms with Gasteiger partial charge in [0.15, 0.2) is 11.5 Å². The fourth-order valence-corrected chi connectivity index (χ4v) is 5.50. The Bertz CT molecular complexity index is 1440. The van der Waals surface area contributed by atoms with Crippen LogP contribution in [0.5, 0.6) is 11.5 Å². The van der Waals surface area contributed by atoms with E-state index in [0.717, 1.165) is 72.8 Å². The fourth-order valence-electron chi connectivity index (χ4n) is 5.50. The zero-order chi connectivity index (χ0) is 28.4. The third-order valence-electron chi connectivity index (χ3n) is 7.86. The quantitative estimate of drug-likeness (QED) is 0.184. The van der Waals surface area contributed by atoms with Crippen molar-refractivity contribution >= 4 is 34.0 Å². The van der Waals surface area contributed by atoms with E-state index < -0.39 is 0 Å². The highest BCUT2D eigenvalue weighted by atomic mass is 16.5. The van der Waals surface area contributed by atoms with Crippen molar-refractivity contribution in [1.29, 1.82) is 0 Å². The van der Waals surface area contributed by atoms with E-state index in [4.69, 9.17) is 14.2 Å². The summed E-state index contributed by atoms with van der Waals surface area (Å²) in [6, 6.07) is 17.9. The van der Waals surface area contributed by atoms with E-state index in [1.807, 2.05) is 54.7 Å². The molecule has 0 bridgehead atoms. The summed E-state index contributed by atoms with van der Waals surface area (Å²) in [5.41, 5.74) is 2.66. The second kappa shape index (κ2) is 14.3. The number of benzene rings is 2. The first-order chi connectivity index (χ1) is 20.8. The molecule has 4 aromatic rings. The molecular weight excluding hydrogens is 528 g/mol. The van der Waals surface area contributed by atoms with Gasteiger partial charge in [-0.15, -0.1) is 0 Å². The Labute approximate surface area is 247 Å². The molecule has 0 atom stereocenters. The molecule has 0 amide bonds. The van der Waals surface area contributed by atoms with Gasteiger partial charge in [-0.2, -0.15) is 4.98 Å². The fraction of sp³-hybridized carbons (Fsp3) is 0.424. The first-order valence-corrected chi connectivity index (χ1v) is 15.2. The minimum absolute atomic E-state index is 0.484. The zero-order valence-electron chi connectivity index (χ0n) is 24.1. The number of nitrogens with one attached hydrogen (secondary N) is 2. The first kappa shape index (κ1) is 28.2. The Morgan fingerprint density at radius 3 is 2.64 bits per heavy atom. The van der Waals surface area contributed by atoms with Crippen LogP contribution < -0.4 is 20.1 Å². The third-order valence-corrected chi connectivity index (χ3v) is 7.86. The number of likely N-dealkylation sites (tertiary alicyclic amines) is 1. The summed E-state index contributed by atoms with van der Waals surface area (Å²) in [5.74, 6) is 3.15. The molecule has 2 aliphatic rings. The molecule has 0 saturated carbocycles. The number of rotatable bonds is 12. The van der Waals surface area contributed by atoms with Crippen molar-refractivity contribution in [1.82, 2.24) is 19.9 Å². The molecule has 220 valence electrons. The molecule has 9 heteroatoms. The maximum atomic E-state index is 6.35. The molecule has 9 nitrogen and oxygen atoms in total. The second-order valence-electron chi connectivity index (χ2n) is 11.1. The van der Waals surface area contributed by atoms with Crippen molar-refractivity contribution in [2.45, 2.75) is 38.5 Å². The molecule has 0 spiro atoms. The lowest BCUT2D eigenvalue weighted by atomic mass is 10.0. The molecular formula is C33H40N6O3. The van der Waals surface area contributed by atoms with Crippen LogP contribution in [0.15, 0.2) is 67.0 Å². The van der Waals surface area contributed by atoms with Crippen LogP contribution >= 0.6 is 0 Å². The van der Waals surface area contributed by atoms with Crippen LogP contribution in [0.25, 0.3) is 10.9 Å². The number of nitrogens with zero attached hydrogens (tertiary/aromatic N) is 4. The van der Waals surface area contributed by atoms with Crippen molar-refractivity contribution < 1.29 is 14.2 Å². The van der Waals surface area contributed by atoms with E-state index in [2.05, 4.69) is 36.6 Å². The summed E-state index contributed by atoms with van der Waals surface area (Å²) in [6.45, 7) is 6.40. The number of piperidine rings is 1. The summed E-state index contributed by atoms with van der Waals surface area (Å²) in [6.07, 6.45) is 10.6. The van der Waals surface area contributed by atoms with E-state index in [1.54, 1.807) is 6.20 Å². The maximum Gasteiger partial charge on any atom is 0.229 e. The Hall–Kier alpha value is -3.95. The minimum atomic E-state index is 0.484. The summed E-state index contributed by atoms with van der Waals surface area (Å²) >= 11 is 0. The maximum absolute atomic E-state index is 6.35. The van der Waals surface area contributed by atoms with Gasteiger partial charge in [0.1, 0.15) is 5.82 Å². The smallest absolute Gasteiger partial charge is 0.229 e. The number of hydrogen-bond acceptors (Lipinski definition) is 9. The molecule has 2 aromatic heterocycles. The molecule has 6 rings (SSSR count). The van der Waals surface area contributed by atoms with Crippen LogP contribution in [0.1, 0.15) is 38.5 Å². The second-order valence-corrected chi connectivity index (χ2v) is 11.1. The van der Waals surface area contributed by atoms with Crippen LogP contribution in [-0.4, -0.2) is 65.9 Å². The molecule has 42 heavy (non-hydrogen) atoms. The van der Waals surface area contributed by atoms with Gasteiger partial charge in [-0.1, -0.05) is 24.6 Å². The average molecular weight is 569 g/mol. The number of anilines is 4. The normalized spacial score (nSPS) is 16.3. The van der Waals surface area contributed by atoms with Crippen LogP contribution in [-0.2, 0) is 4.74 Å². The number of ether oxygens (including phenoxy) is 3. The van der Waals surface area contributed by atoms with Crippen molar-refractivity contribution in [3.8, 4) is 11.5 Å². The van der Waals surface area contributed by atoms with E-state index in [1.165, 1.54) is 32.4 Å². The number of hydrogen-bond donors (Lipinski definition) is 2. The van der Waals surface area contributed by atoms with Gasteiger partial charge in [0, 0.05) is 43.1 Å². The van der Waals surface area contributed by atoms with Crippen LogP contribution in [0.3, 0.4) is 0 Å². The molecule has 0 aliphatic carbocycles.